The molecule has 0 saturated heterocycles. The van der Waals surface area contributed by atoms with Crippen molar-refractivity contribution in [2.24, 2.45) is 5.41 Å². The first-order valence-electron chi connectivity index (χ1n) is 6.92. The molecule has 2 rings (SSSR count). The number of aliphatic hydroxyl groups is 1. The van der Waals surface area contributed by atoms with Crippen molar-refractivity contribution in [3.8, 4) is 5.75 Å². The van der Waals surface area contributed by atoms with E-state index < -0.39 is 5.60 Å². The van der Waals surface area contributed by atoms with Crippen LogP contribution in [-0.2, 0) is 5.60 Å². The topological polar surface area (TPSA) is 29.5 Å². The largest absolute Gasteiger partial charge is 0.493 e. The van der Waals surface area contributed by atoms with Crippen molar-refractivity contribution >= 4 is 0 Å². The molecule has 0 bridgehead atoms. The van der Waals surface area contributed by atoms with Gasteiger partial charge in [0.05, 0.1) is 12.2 Å². The summed E-state index contributed by atoms with van der Waals surface area (Å²) in [7, 11) is 0. The lowest BCUT2D eigenvalue weighted by Crippen LogP contribution is -2.24. The molecule has 0 radical (unpaired) electrons. The van der Waals surface area contributed by atoms with E-state index in [1.165, 1.54) is 0 Å². The Labute approximate surface area is 110 Å². The zero-order valence-corrected chi connectivity index (χ0v) is 11.7. The van der Waals surface area contributed by atoms with Crippen LogP contribution in [0.25, 0.3) is 0 Å². The minimum absolute atomic E-state index is 0.215. The second-order valence-corrected chi connectivity index (χ2v) is 6.22. The van der Waals surface area contributed by atoms with Crippen molar-refractivity contribution in [1.82, 2.24) is 0 Å². The average Bonchev–Trinajstić information content (AvgIpc) is 2.62. The summed E-state index contributed by atoms with van der Waals surface area (Å²) in [5.41, 5.74) is 0.463. The normalized spacial score (nSPS) is 26.2. The Morgan fingerprint density at radius 2 is 1.94 bits per heavy atom. The monoisotopic (exact) mass is 248 g/mol. The van der Waals surface area contributed by atoms with Crippen molar-refractivity contribution in [2.45, 2.75) is 52.1 Å². The van der Waals surface area contributed by atoms with E-state index in [0.29, 0.717) is 6.61 Å². The van der Waals surface area contributed by atoms with Crippen LogP contribution in [0.2, 0.25) is 0 Å². The second-order valence-electron chi connectivity index (χ2n) is 6.22. The molecular formula is C16H24O2. The summed E-state index contributed by atoms with van der Waals surface area (Å²) < 4.78 is 5.77. The molecule has 1 saturated carbocycles. The SMILES string of the molecule is CCCOc1ccccc1C1(O)CCC(C)(C)C1. The standard InChI is InChI=1S/C16H24O2/c1-4-11-18-14-8-6-5-7-13(14)16(17)10-9-15(2,3)12-16/h5-8,17H,4,9-12H2,1-3H3. The van der Waals surface area contributed by atoms with Crippen LogP contribution >= 0.6 is 0 Å². The number of para-hydroxylation sites is 1. The summed E-state index contributed by atoms with van der Waals surface area (Å²) >= 11 is 0. The Kier molecular flexibility index (Phi) is 3.67. The minimum atomic E-state index is -0.714. The Hall–Kier alpha value is -1.02. The number of hydrogen-bond acceptors (Lipinski definition) is 2. The molecule has 1 fully saturated rings. The van der Waals surface area contributed by atoms with Crippen LogP contribution in [0.1, 0.15) is 52.0 Å². The van der Waals surface area contributed by atoms with Gasteiger partial charge >= 0.3 is 0 Å². The van der Waals surface area contributed by atoms with Gasteiger partial charge in [-0.1, -0.05) is 39.0 Å². The summed E-state index contributed by atoms with van der Waals surface area (Å²) in [4.78, 5) is 0. The smallest absolute Gasteiger partial charge is 0.125 e. The van der Waals surface area contributed by atoms with Crippen LogP contribution in [0, 0.1) is 5.41 Å². The molecule has 0 aliphatic heterocycles. The molecule has 1 aromatic carbocycles. The summed E-state index contributed by atoms with van der Waals surface area (Å²) in [6.45, 7) is 7.24. The highest BCUT2D eigenvalue weighted by Crippen LogP contribution is 2.50. The van der Waals surface area contributed by atoms with Crippen LogP contribution in [-0.4, -0.2) is 11.7 Å². The Morgan fingerprint density at radius 3 is 2.56 bits per heavy atom. The molecule has 0 heterocycles. The molecule has 1 atom stereocenters. The number of rotatable bonds is 4. The first-order valence-corrected chi connectivity index (χ1v) is 6.92. The first-order chi connectivity index (χ1) is 8.47. The van der Waals surface area contributed by atoms with Gasteiger partial charge in [-0.25, -0.2) is 0 Å². The van der Waals surface area contributed by atoms with Gasteiger partial charge < -0.3 is 9.84 Å². The number of ether oxygens (including phenoxy) is 1. The van der Waals surface area contributed by atoms with E-state index in [1.807, 2.05) is 24.3 Å². The molecule has 0 amide bonds. The molecule has 1 aliphatic rings. The van der Waals surface area contributed by atoms with E-state index in [-0.39, 0.29) is 5.41 Å². The van der Waals surface area contributed by atoms with Crippen LogP contribution in [0.4, 0.5) is 0 Å². The molecule has 2 nitrogen and oxygen atoms in total. The summed E-state index contributed by atoms with van der Waals surface area (Å²) in [5.74, 6) is 0.847. The van der Waals surface area contributed by atoms with E-state index in [2.05, 4.69) is 20.8 Å². The quantitative estimate of drug-likeness (QED) is 0.876. The van der Waals surface area contributed by atoms with Crippen molar-refractivity contribution < 1.29 is 9.84 Å². The van der Waals surface area contributed by atoms with E-state index in [1.54, 1.807) is 0 Å². The second kappa shape index (κ2) is 4.93. The zero-order chi connectivity index (χ0) is 13.2. The highest BCUT2D eigenvalue weighted by atomic mass is 16.5. The lowest BCUT2D eigenvalue weighted by Gasteiger charge is -2.27. The molecular weight excluding hydrogens is 224 g/mol. The summed E-state index contributed by atoms with van der Waals surface area (Å²) in [5, 5.41) is 10.9. The van der Waals surface area contributed by atoms with Gasteiger partial charge in [0.2, 0.25) is 0 Å². The Morgan fingerprint density at radius 1 is 1.22 bits per heavy atom. The van der Waals surface area contributed by atoms with Gasteiger partial charge in [0.15, 0.2) is 0 Å². The van der Waals surface area contributed by atoms with E-state index in [4.69, 9.17) is 4.74 Å². The third-order valence-corrected chi connectivity index (χ3v) is 3.84. The predicted molar refractivity (Wildman–Crippen MR) is 73.8 cm³/mol. The Bertz CT molecular complexity index is 411. The van der Waals surface area contributed by atoms with Crippen molar-refractivity contribution in [1.29, 1.82) is 0 Å². The van der Waals surface area contributed by atoms with Crippen LogP contribution in [0.15, 0.2) is 24.3 Å². The van der Waals surface area contributed by atoms with Gasteiger partial charge in [-0.05, 0) is 37.2 Å². The fourth-order valence-corrected chi connectivity index (χ4v) is 2.93. The van der Waals surface area contributed by atoms with Gasteiger partial charge in [-0.2, -0.15) is 0 Å². The van der Waals surface area contributed by atoms with Crippen molar-refractivity contribution in [3.05, 3.63) is 29.8 Å². The third-order valence-electron chi connectivity index (χ3n) is 3.84. The molecule has 0 aromatic heterocycles. The lowest BCUT2D eigenvalue weighted by atomic mass is 9.85. The van der Waals surface area contributed by atoms with Crippen LogP contribution < -0.4 is 4.74 Å². The average molecular weight is 248 g/mol. The predicted octanol–water partition coefficient (Wildman–Crippen LogP) is 3.87. The van der Waals surface area contributed by atoms with E-state index in [0.717, 1.165) is 37.0 Å². The highest BCUT2D eigenvalue weighted by molar-refractivity contribution is 5.39. The van der Waals surface area contributed by atoms with Gasteiger partial charge in [-0.15, -0.1) is 0 Å². The van der Waals surface area contributed by atoms with E-state index >= 15 is 0 Å². The molecule has 1 unspecified atom stereocenters. The molecule has 100 valence electrons. The maximum absolute atomic E-state index is 10.9. The van der Waals surface area contributed by atoms with Gasteiger partial charge in [0, 0.05) is 5.56 Å². The molecule has 1 N–H and O–H groups in total. The minimum Gasteiger partial charge on any atom is -0.493 e. The van der Waals surface area contributed by atoms with Gasteiger partial charge in [0.1, 0.15) is 5.75 Å². The molecule has 0 spiro atoms. The molecule has 1 aliphatic carbocycles. The van der Waals surface area contributed by atoms with Crippen molar-refractivity contribution in [2.75, 3.05) is 6.61 Å². The van der Waals surface area contributed by atoms with Crippen molar-refractivity contribution in [3.63, 3.8) is 0 Å². The lowest BCUT2D eigenvalue weighted by molar-refractivity contribution is 0.0309. The summed E-state index contributed by atoms with van der Waals surface area (Å²) in [6, 6.07) is 7.93. The van der Waals surface area contributed by atoms with E-state index in [9.17, 15) is 5.11 Å². The molecule has 1 aromatic rings. The number of hydrogen-bond donors (Lipinski definition) is 1. The van der Waals surface area contributed by atoms with Crippen LogP contribution in [0.3, 0.4) is 0 Å². The van der Waals surface area contributed by atoms with Gasteiger partial charge in [-0.3, -0.25) is 0 Å². The first kappa shape index (κ1) is 13.4. The third kappa shape index (κ3) is 2.69. The summed E-state index contributed by atoms with van der Waals surface area (Å²) in [6.07, 6.45) is 3.68. The molecule has 18 heavy (non-hydrogen) atoms. The number of benzene rings is 1. The highest BCUT2D eigenvalue weighted by Gasteiger charge is 2.44. The Balaban J connectivity index is 2.27. The van der Waals surface area contributed by atoms with Crippen LogP contribution in [0.5, 0.6) is 5.75 Å². The maximum Gasteiger partial charge on any atom is 0.125 e. The fraction of sp³-hybridized carbons (Fsp3) is 0.625. The molecule has 2 heteroatoms. The van der Waals surface area contributed by atoms with Gasteiger partial charge in [0.25, 0.3) is 0 Å². The maximum atomic E-state index is 10.9. The zero-order valence-electron chi connectivity index (χ0n) is 11.7. The fourth-order valence-electron chi connectivity index (χ4n) is 2.93.